The van der Waals surface area contributed by atoms with Crippen molar-refractivity contribution in [2.45, 2.75) is 6.92 Å². The van der Waals surface area contributed by atoms with E-state index >= 15 is 0 Å². The van der Waals surface area contributed by atoms with Gasteiger partial charge in [0.15, 0.2) is 5.82 Å². The van der Waals surface area contributed by atoms with Crippen LogP contribution in [0.25, 0.3) is 0 Å². The van der Waals surface area contributed by atoms with Crippen LogP contribution >= 0.6 is 0 Å². The molecule has 1 aromatic carbocycles. The summed E-state index contributed by atoms with van der Waals surface area (Å²) in [4.78, 5) is 25.6. The van der Waals surface area contributed by atoms with Crippen molar-refractivity contribution >= 4 is 17.6 Å². The third-order valence-electron chi connectivity index (χ3n) is 2.17. The molecule has 2 rings (SSSR count). The fourth-order valence-electron chi connectivity index (χ4n) is 1.38. The van der Waals surface area contributed by atoms with Crippen molar-refractivity contribution in [3.63, 3.8) is 0 Å². The number of benzene rings is 1. The highest BCUT2D eigenvalue weighted by Gasteiger charge is 2.22. The first-order valence-electron chi connectivity index (χ1n) is 5.06. The summed E-state index contributed by atoms with van der Waals surface area (Å²) in [5.41, 5.74) is -0.743. The van der Waals surface area contributed by atoms with Gasteiger partial charge in [0.05, 0.1) is 4.92 Å². The molecule has 9 nitrogen and oxygen atoms in total. The Balaban J connectivity index is 2.32. The molecule has 0 aliphatic heterocycles. The second-order valence-corrected chi connectivity index (χ2v) is 3.56. The molecule has 9 heteroatoms. The molecule has 0 unspecified atom stereocenters. The van der Waals surface area contributed by atoms with Crippen molar-refractivity contribution in [1.29, 1.82) is 0 Å². The van der Waals surface area contributed by atoms with Crippen molar-refractivity contribution in [3.05, 3.63) is 39.7 Å². The predicted octanol–water partition coefficient (Wildman–Crippen LogP) is 1.24. The van der Waals surface area contributed by atoms with E-state index in [1.54, 1.807) is 6.92 Å². The summed E-state index contributed by atoms with van der Waals surface area (Å²) in [6, 6.07) is 2.95. The molecule has 1 heterocycles. The number of phenolic OH excluding ortho intramolecular Hbond substituents is 1. The van der Waals surface area contributed by atoms with E-state index in [0.29, 0.717) is 5.82 Å². The number of amides is 1. The molecule has 19 heavy (non-hydrogen) atoms. The lowest BCUT2D eigenvalue weighted by Gasteiger charge is -2.02. The fourth-order valence-corrected chi connectivity index (χ4v) is 1.38. The molecule has 98 valence electrons. The van der Waals surface area contributed by atoms with Crippen LogP contribution in [-0.4, -0.2) is 26.1 Å². The topological polar surface area (TPSA) is 131 Å². The Morgan fingerprint density at radius 3 is 2.84 bits per heavy atom. The Hall–Kier alpha value is -2.97. The van der Waals surface area contributed by atoms with E-state index in [-0.39, 0.29) is 17.3 Å². The molecule has 0 aliphatic carbocycles. The van der Waals surface area contributed by atoms with E-state index in [4.69, 9.17) is 0 Å². The van der Waals surface area contributed by atoms with Crippen LogP contribution in [0.1, 0.15) is 16.2 Å². The zero-order valence-corrected chi connectivity index (χ0v) is 9.65. The van der Waals surface area contributed by atoms with Gasteiger partial charge in [-0.15, -0.1) is 0 Å². The Kier molecular flexibility index (Phi) is 3.10. The third-order valence-corrected chi connectivity index (χ3v) is 2.17. The van der Waals surface area contributed by atoms with Gasteiger partial charge in [-0.3, -0.25) is 20.2 Å². The predicted molar refractivity (Wildman–Crippen MR) is 61.7 cm³/mol. The van der Waals surface area contributed by atoms with Gasteiger partial charge in [-0.25, -0.2) is 0 Å². The summed E-state index contributed by atoms with van der Waals surface area (Å²) in [5.74, 6) is -0.788. The molecule has 0 bridgehead atoms. The van der Waals surface area contributed by atoms with Crippen LogP contribution in [0.4, 0.5) is 11.7 Å². The van der Waals surface area contributed by atoms with Gasteiger partial charge >= 0.3 is 6.01 Å². The number of nitrogens with zero attached hydrogens (tertiary/aromatic N) is 3. The molecular weight excluding hydrogens is 256 g/mol. The number of phenols is 1. The summed E-state index contributed by atoms with van der Waals surface area (Å²) in [7, 11) is 0. The monoisotopic (exact) mass is 264 g/mol. The number of hydrogen-bond acceptors (Lipinski definition) is 7. The van der Waals surface area contributed by atoms with Crippen LogP contribution in [0.2, 0.25) is 0 Å². The average molecular weight is 264 g/mol. The lowest BCUT2D eigenvalue weighted by atomic mass is 10.1. The Labute approximate surface area is 106 Å². The normalized spacial score (nSPS) is 10.2. The number of aromatic nitrogens is 2. The summed E-state index contributed by atoms with van der Waals surface area (Å²) in [5, 5.41) is 25.7. The van der Waals surface area contributed by atoms with Crippen LogP contribution < -0.4 is 5.32 Å². The largest absolute Gasteiger partial charge is 0.508 e. The van der Waals surface area contributed by atoms with E-state index in [0.717, 1.165) is 18.2 Å². The van der Waals surface area contributed by atoms with Gasteiger partial charge in [0, 0.05) is 6.07 Å². The first-order valence-corrected chi connectivity index (χ1v) is 5.06. The standard InChI is InChI=1S/C10H8N4O5/c1-5-11-10(19-13-5)12-9(16)7-4-6(15)2-3-8(7)14(17)18/h2-4,15H,1H3,(H,11,12,13,16). The first-order chi connectivity index (χ1) is 8.97. The second kappa shape index (κ2) is 4.72. The number of anilines is 1. The first kappa shape index (κ1) is 12.5. The third kappa shape index (κ3) is 2.65. The van der Waals surface area contributed by atoms with E-state index in [9.17, 15) is 20.0 Å². The lowest BCUT2D eigenvalue weighted by molar-refractivity contribution is -0.385. The van der Waals surface area contributed by atoms with Crippen molar-refractivity contribution in [1.82, 2.24) is 10.1 Å². The Morgan fingerprint density at radius 1 is 1.53 bits per heavy atom. The van der Waals surface area contributed by atoms with E-state index in [1.807, 2.05) is 0 Å². The SMILES string of the molecule is Cc1noc(NC(=O)c2cc(O)ccc2[N+](=O)[O-])n1. The highest BCUT2D eigenvalue weighted by atomic mass is 16.6. The van der Waals surface area contributed by atoms with Gasteiger partial charge in [0.1, 0.15) is 11.3 Å². The summed E-state index contributed by atoms with van der Waals surface area (Å²) in [6.07, 6.45) is 0. The average Bonchev–Trinajstić information content (AvgIpc) is 2.74. The molecule has 2 aromatic rings. The van der Waals surface area contributed by atoms with Crippen LogP contribution in [0.5, 0.6) is 5.75 Å². The number of aryl methyl sites for hydroxylation is 1. The minimum atomic E-state index is -0.828. The Morgan fingerprint density at radius 2 is 2.26 bits per heavy atom. The van der Waals surface area contributed by atoms with E-state index < -0.39 is 16.5 Å². The number of nitrogens with one attached hydrogen (secondary N) is 1. The maximum Gasteiger partial charge on any atom is 0.328 e. The molecule has 0 aliphatic rings. The minimum Gasteiger partial charge on any atom is -0.508 e. The van der Waals surface area contributed by atoms with Gasteiger partial charge < -0.3 is 9.63 Å². The van der Waals surface area contributed by atoms with Crippen molar-refractivity contribution in [2.75, 3.05) is 5.32 Å². The van der Waals surface area contributed by atoms with Crippen LogP contribution in [0, 0.1) is 17.0 Å². The van der Waals surface area contributed by atoms with Gasteiger partial charge in [0.2, 0.25) is 0 Å². The van der Waals surface area contributed by atoms with E-state index in [1.165, 1.54) is 0 Å². The smallest absolute Gasteiger partial charge is 0.328 e. The van der Waals surface area contributed by atoms with Crippen molar-refractivity contribution < 1.29 is 19.3 Å². The minimum absolute atomic E-state index is 0.180. The molecule has 0 fully saturated rings. The number of aromatic hydroxyl groups is 1. The van der Waals surface area contributed by atoms with Crippen molar-refractivity contribution in [3.8, 4) is 5.75 Å². The van der Waals surface area contributed by atoms with Crippen molar-refractivity contribution in [2.24, 2.45) is 0 Å². The zero-order chi connectivity index (χ0) is 14.0. The summed E-state index contributed by atoms with van der Waals surface area (Å²) < 4.78 is 4.66. The molecule has 1 aromatic heterocycles. The highest BCUT2D eigenvalue weighted by molar-refractivity contribution is 6.06. The molecule has 1 amide bonds. The molecule has 0 radical (unpaired) electrons. The second-order valence-electron chi connectivity index (χ2n) is 3.56. The highest BCUT2D eigenvalue weighted by Crippen LogP contribution is 2.24. The number of carbonyl (C=O) groups excluding carboxylic acids is 1. The lowest BCUT2D eigenvalue weighted by Crippen LogP contribution is -2.14. The van der Waals surface area contributed by atoms with Crippen LogP contribution in [-0.2, 0) is 0 Å². The number of hydrogen-bond donors (Lipinski definition) is 2. The molecule has 2 N–H and O–H groups in total. The molecule has 0 saturated carbocycles. The maximum absolute atomic E-state index is 11.8. The van der Waals surface area contributed by atoms with Gasteiger partial charge in [-0.05, 0) is 19.1 Å². The zero-order valence-electron chi connectivity index (χ0n) is 9.65. The number of rotatable bonds is 3. The molecule has 0 atom stereocenters. The molecule has 0 spiro atoms. The van der Waals surface area contributed by atoms with Crippen LogP contribution in [0.3, 0.4) is 0 Å². The number of carbonyl (C=O) groups is 1. The summed E-state index contributed by atoms with van der Waals surface area (Å²) in [6.45, 7) is 1.55. The Bertz CT molecular complexity index is 651. The summed E-state index contributed by atoms with van der Waals surface area (Å²) >= 11 is 0. The molecule has 0 saturated heterocycles. The van der Waals surface area contributed by atoms with Gasteiger partial charge in [0.25, 0.3) is 11.6 Å². The quantitative estimate of drug-likeness (QED) is 0.629. The van der Waals surface area contributed by atoms with E-state index in [2.05, 4.69) is 20.0 Å². The molecular formula is C10H8N4O5. The van der Waals surface area contributed by atoms with Gasteiger partial charge in [-0.1, -0.05) is 5.16 Å². The fraction of sp³-hybridized carbons (Fsp3) is 0.100. The number of nitro benzene ring substituents is 1. The number of nitro groups is 1. The van der Waals surface area contributed by atoms with Gasteiger partial charge in [-0.2, -0.15) is 4.98 Å². The van der Waals surface area contributed by atoms with Crippen LogP contribution in [0.15, 0.2) is 22.7 Å². The maximum atomic E-state index is 11.8.